The molecule has 0 fully saturated rings. The van der Waals surface area contributed by atoms with E-state index >= 15 is 0 Å². The van der Waals surface area contributed by atoms with Crippen molar-refractivity contribution in [1.82, 2.24) is 0 Å². The number of methoxy groups -OCH3 is 1. The van der Waals surface area contributed by atoms with Crippen molar-refractivity contribution in [2.75, 3.05) is 13.4 Å². The highest BCUT2D eigenvalue weighted by Crippen LogP contribution is 2.36. The second-order valence-electron chi connectivity index (χ2n) is 4.45. The summed E-state index contributed by atoms with van der Waals surface area (Å²) in [6.07, 6.45) is 1.98. The van der Waals surface area contributed by atoms with Crippen LogP contribution in [0.1, 0.15) is 11.1 Å². The Hall–Kier alpha value is -1.72. The normalized spacial score (nSPS) is 10.2. The molecular formula is C16H17NO2S2. The van der Waals surface area contributed by atoms with Gasteiger partial charge in [-0.2, -0.15) is 0 Å². The maximum Gasteiger partial charge on any atom is 0.169 e. The Morgan fingerprint density at radius 2 is 1.90 bits per heavy atom. The quantitative estimate of drug-likeness (QED) is 0.662. The first-order valence-corrected chi connectivity index (χ1v) is 7.99. The zero-order valence-electron chi connectivity index (χ0n) is 12.2. The molecule has 0 atom stereocenters. The number of benzene rings is 2. The molecule has 21 heavy (non-hydrogen) atoms. The molecule has 0 aliphatic heterocycles. The molecule has 0 aliphatic rings. The van der Waals surface area contributed by atoms with Crippen LogP contribution in [0.4, 0.5) is 0 Å². The molecule has 5 heteroatoms. The first-order chi connectivity index (χ1) is 10.1. The van der Waals surface area contributed by atoms with Crippen molar-refractivity contribution in [3.8, 4) is 17.2 Å². The lowest BCUT2D eigenvalue weighted by molar-refractivity contribution is 0.378. The fourth-order valence-electron chi connectivity index (χ4n) is 1.99. The highest BCUT2D eigenvalue weighted by atomic mass is 32.2. The molecule has 3 nitrogen and oxygen atoms in total. The molecule has 0 spiro atoms. The minimum atomic E-state index is 0.320. The van der Waals surface area contributed by atoms with E-state index in [1.54, 1.807) is 18.9 Å². The zero-order chi connectivity index (χ0) is 15.4. The highest BCUT2D eigenvalue weighted by molar-refractivity contribution is 7.98. The average molecular weight is 319 g/mol. The fourth-order valence-corrected chi connectivity index (χ4v) is 2.89. The first kappa shape index (κ1) is 15.7. The van der Waals surface area contributed by atoms with Crippen LogP contribution < -0.4 is 15.2 Å². The Morgan fingerprint density at radius 3 is 2.52 bits per heavy atom. The zero-order valence-corrected chi connectivity index (χ0v) is 13.8. The molecule has 0 bridgehead atoms. The molecule has 0 radical (unpaired) electrons. The summed E-state index contributed by atoms with van der Waals surface area (Å²) in [4.78, 5) is 1.31. The van der Waals surface area contributed by atoms with E-state index < -0.39 is 0 Å². The van der Waals surface area contributed by atoms with Gasteiger partial charge in [0, 0.05) is 4.90 Å². The average Bonchev–Trinajstić information content (AvgIpc) is 2.48. The molecule has 0 unspecified atom stereocenters. The number of hydrogen-bond donors (Lipinski definition) is 1. The third-order valence-electron chi connectivity index (χ3n) is 2.99. The molecule has 2 aromatic rings. The van der Waals surface area contributed by atoms with E-state index in [0.717, 1.165) is 16.0 Å². The largest absolute Gasteiger partial charge is 0.493 e. The second kappa shape index (κ2) is 6.83. The minimum absolute atomic E-state index is 0.320. The minimum Gasteiger partial charge on any atom is -0.493 e. The lowest BCUT2D eigenvalue weighted by Crippen LogP contribution is -2.12. The molecule has 2 rings (SSSR count). The van der Waals surface area contributed by atoms with Crippen molar-refractivity contribution < 1.29 is 9.47 Å². The Kier molecular flexibility index (Phi) is 5.09. The number of aryl methyl sites for hydroxylation is 1. The molecule has 110 valence electrons. The van der Waals surface area contributed by atoms with Crippen molar-refractivity contribution >= 4 is 29.0 Å². The monoisotopic (exact) mass is 319 g/mol. The van der Waals surface area contributed by atoms with Crippen LogP contribution in [0.15, 0.2) is 41.3 Å². The van der Waals surface area contributed by atoms with Crippen LogP contribution in [0, 0.1) is 6.92 Å². The summed E-state index contributed by atoms with van der Waals surface area (Å²) >= 11 is 6.74. The molecular weight excluding hydrogens is 302 g/mol. The standard InChI is InChI=1S/C16H17NO2S2/c1-10-7-8-11(13(9-10)18-2)19-12-5-4-6-14(21-3)15(12)16(17)20/h4-9H,1-3H3,(H2,17,20). The Bertz CT molecular complexity index is 671. The van der Waals surface area contributed by atoms with Gasteiger partial charge in [-0.05, 0) is 43.0 Å². The number of ether oxygens (including phenoxy) is 2. The van der Waals surface area contributed by atoms with Crippen LogP contribution in [-0.4, -0.2) is 18.4 Å². The molecule has 0 aliphatic carbocycles. The van der Waals surface area contributed by atoms with Crippen LogP contribution in [-0.2, 0) is 0 Å². The summed E-state index contributed by atoms with van der Waals surface area (Å²) in [5, 5.41) is 0. The Balaban J connectivity index is 2.47. The Labute approximate surface area is 134 Å². The summed E-state index contributed by atoms with van der Waals surface area (Å²) in [7, 11) is 1.62. The third-order valence-corrected chi connectivity index (χ3v) is 3.98. The van der Waals surface area contributed by atoms with Gasteiger partial charge in [0.1, 0.15) is 10.7 Å². The van der Waals surface area contributed by atoms with Crippen molar-refractivity contribution in [3.05, 3.63) is 47.5 Å². The number of thiocarbonyl (C=S) groups is 1. The predicted molar refractivity (Wildman–Crippen MR) is 91.9 cm³/mol. The Morgan fingerprint density at radius 1 is 1.14 bits per heavy atom. The summed E-state index contributed by atoms with van der Waals surface area (Å²) < 4.78 is 11.3. The number of thioether (sulfide) groups is 1. The molecule has 2 N–H and O–H groups in total. The van der Waals surface area contributed by atoms with E-state index in [2.05, 4.69) is 0 Å². The molecule has 0 heterocycles. The lowest BCUT2D eigenvalue weighted by Gasteiger charge is -2.15. The van der Waals surface area contributed by atoms with E-state index in [1.807, 2.05) is 49.6 Å². The summed E-state index contributed by atoms with van der Waals surface area (Å²) in [5.74, 6) is 1.95. The van der Waals surface area contributed by atoms with Gasteiger partial charge in [0.2, 0.25) is 0 Å². The van der Waals surface area contributed by atoms with Gasteiger partial charge in [-0.3, -0.25) is 0 Å². The van der Waals surface area contributed by atoms with Crippen LogP contribution in [0.25, 0.3) is 0 Å². The molecule has 0 saturated heterocycles. The lowest BCUT2D eigenvalue weighted by atomic mass is 10.2. The summed E-state index contributed by atoms with van der Waals surface area (Å²) in [5.41, 5.74) is 7.70. The predicted octanol–water partition coefficient (Wildman–Crippen LogP) is 4.15. The summed E-state index contributed by atoms with van der Waals surface area (Å²) in [6, 6.07) is 11.5. The number of nitrogens with two attached hydrogens (primary N) is 1. The maximum atomic E-state index is 5.98. The summed E-state index contributed by atoms with van der Waals surface area (Å²) in [6.45, 7) is 2.00. The smallest absolute Gasteiger partial charge is 0.169 e. The van der Waals surface area contributed by atoms with Gasteiger partial charge in [-0.15, -0.1) is 11.8 Å². The van der Waals surface area contributed by atoms with Crippen molar-refractivity contribution in [2.24, 2.45) is 5.73 Å². The SMILES string of the molecule is COc1cc(C)ccc1Oc1cccc(SC)c1C(N)=S. The molecule has 0 amide bonds. The first-order valence-electron chi connectivity index (χ1n) is 6.36. The van der Waals surface area contributed by atoms with Crippen LogP contribution in [0.2, 0.25) is 0 Å². The third kappa shape index (κ3) is 3.49. The number of rotatable bonds is 5. The van der Waals surface area contributed by atoms with Crippen LogP contribution >= 0.6 is 24.0 Å². The van der Waals surface area contributed by atoms with E-state index in [1.165, 1.54) is 0 Å². The van der Waals surface area contributed by atoms with Gasteiger partial charge in [-0.25, -0.2) is 0 Å². The second-order valence-corrected chi connectivity index (χ2v) is 5.74. The topological polar surface area (TPSA) is 44.5 Å². The van der Waals surface area contributed by atoms with Crippen molar-refractivity contribution in [3.63, 3.8) is 0 Å². The van der Waals surface area contributed by atoms with Gasteiger partial charge < -0.3 is 15.2 Å². The van der Waals surface area contributed by atoms with Gasteiger partial charge in [0.15, 0.2) is 11.5 Å². The van der Waals surface area contributed by atoms with Crippen molar-refractivity contribution in [2.45, 2.75) is 11.8 Å². The van der Waals surface area contributed by atoms with Crippen molar-refractivity contribution in [1.29, 1.82) is 0 Å². The molecule has 0 aromatic heterocycles. The highest BCUT2D eigenvalue weighted by Gasteiger charge is 2.14. The van der Waals surface area contributed by atoms with Gasteiger partial charge in [-0.1, -0.05) is 24.4 Å². The van der Waals surface area contributed by atoms with E-state index in [4.69, 9.17) is 27.4 Å². The van der Waals surface area contributed by atoms with Gasteiger partial charge in [0.05, 0.1) is 12.7 Å². The molecule has 2 aromatic carbocycles. The van der Waals surface area contributed by atoms with E-state index in [0.29, 0.717) is 22.2 Å². The molecule has 0 saturated carbocycles. The van der Waals surface area contributed by atoms with Gasteiger partial charge in [0.25, 0.3) is 0 Å². The van der Waals surface area contributed by atoms with Gasteiger partial charge >= 0.3 is 0 Å². The van der Waals surface area contributed by atoms with E-state index in [9.17, 15) is 0 Å². The van der Waals surface area contributed by atoms with E-state index in [-0.39, 0.29) is 0 Å². The van der Waals surface area contributed by atoms with Crippen LogP contribution in [0.5, 0.6) is 17.2 Å². The number of hydrogen-bond acceptors (Lipinski definition) is 4. The maximum absolute atomic E-state index is 5.98. The van der Waals surface area contributed by atoms with Crippen LogP contribution in [0.3, 0.4) is 0 Å². The fraction of sp³-hybridized carbons (Fsp3) is 0.188.